The van der Waals surface area contributed by atoms with Crippen LogP contribution in [0.4, 0.5) is 20.2 Å². The van der Waals surface area contributed by atoms with Gasteiger partial charge in [-0.3, -0.25) is 14.9 Å². The van der Waals surface area contributed by atoms with Gasteiger partial charge in [0.25, 0.3) is 5.69 Å². The van der Waals surface area contributed by atoms with Crippen LogP contribution in [0.5, 0.6) is 0 Å². The first kappa shape index (κ1) is 20.0. The minimum Gasteiger partial charge on any atom is -0.371 e. The molecule has 2 N–H and O–H groups in total. The summed E-state index contributed by atoms with van der Waals surface area (Å²) in [7, 11) is -4.94. The van der Waals surface area contributed by atoms with Crippen molar-refractivity contribution in [3.05, 3.63) is 28.3 Å². The van der Waals surface area contributed by atoms with Crippen LogP contribution in [0.3, 0.4) is 0 Å². The van der Waals surface area contributed by atoms with Crippen LogP contribution in [0, 0.1) is 10.1 Å². The summed E-state index contributed by atoms with van der Waals surface area (Å²) in [5, 5.41) is 16.5. The van der Waals surface area contributed by atoms with Crippen molar-refractivity contribution in [2.45, 2.75) is 48.8 Å². The lowest BCUT2D eigenvalue weighted by Crippen LogP contribution is -2.39. The van der Waals surface area contributed by atoms with E-state index >= 15 is 0 Å². The van der Waals surface area contributed by atoms with Gasteiger partial charge in [-0.2, -0.15) is 8.78 Å². The number of rotatable bonds is 7. The zero-order chi connectivity index (χ0) is 19.3. The highest BCUT2D eigenvalue weighted by Crippen LogP contribution is 2.29. The molecule has 26 heavy (non-hydrogen) atoms. The van der Waals surface area contributed by atoms with Gasteiger partial charge in [-0.25, -0.2) is 8.42 Å². The van der Waals surface area contributed by atoms with E-state index in [2.05, 4.69) is 10.6 Å². The topological polar surface area (TPSA) is 118 Å². The standard InChI is InChI=1S/C15H19F2N3O5S/c16-15(17)26(24,25)11-6-7-12(13(8-11)20(22)23)18-9-14(21)19-10-4-2-1-3-5-10/h6-8,10,15,18H,1-5,9H2,(H,19,21). The van der Waals surface area contributed by atoms with Gasteiger partial charge in [0.1, 0.15) is 5.69 Å². The highest BCUT2D eigenvalue weighted by atomic mass is 32.2. The molecule has 0 radical (unpaired) electrons. The van der Waals surface area contributed by atoms with Crippen LogP contribution in [0.15, 0.2) is 23.1 Å². The van der Waals surface area contributed by atoms with E-state index in [1.165, 1.54) is 0 Å². The molecular weight excluding hydrogens is 372 g/mol. The Morgan fingerprint density at radius 1 is 1.27 bits per heavy atom. The largest absolute Gasteiger partial charge is 0.371 e. The summed E-state index contributed by atoms with van der Waals surface area (Å²) in [4.78, 5) is 21.3. The number of hydrogen-bond donors (Lipinski definition) is 2. The summed E-state index contributed by atoms with van der Waals surface area (Å²) in [5.74, 6) is -4.03. The van der Waals surface area contributed by atoms with Gasteiger partial charge in [-0.15, -0.1) is 0 Å². The Morgan fingerprint density at radius 2 is 1.92 bits per heavy atom. The maximum absolute atomic E-state index is 12.6. The molecule has 0 aliphatic heterocycles. The van der Waals surface area contributed by atoms with Crippen molar-refractivity contribution in [3.63, 3.8) is 0 Å². The Morgan fingerprint density at radius 3 is 2.50 bits per heavy atom. The molecule has 11 heteroatoms. The molecule has 0 heterocycles. The Hall–Kier alpha value is -2.30. The van der Waals surface area contributed by atoms with Crippen molar-refractivity contribution in [1.82, 2.24) is 5.32 Å². The minimum absolute atomic E-state index is 0.0756. The maximum atomic E-state index is 12.6. The van der Waals surface area contributed by atoms with E-state index in [1.807, 2.05) is 0 Å². The lowest BCUT2D eigenvalue weighted by molar-refractivity contribution is -0.384. The van der Waals surface area contributed by atoms with E-state index in [9.17, 15) is 32.1 Å². The molecule has 1 fully saturated rings. The Balaban J connectivity index is 2.09. The average Bonchev–Trinajstić information content (AvgIpc) is 2.60. The fourth-order valence-electron chi connectivity index (χ4n) is 2.79. The first-order chi connectivity index (χ1) is 12.2. The molecule has 0 aromatic heterocycles. The van der Waals surface area contributed by atoms with Crippen molar-refractivity contribution >= 4 is 27.1 Å². The predicted molar refractivity (Wildman–Crippen MR) is 89.8 cm³/mol. The first-order valence-corrected chi connectivity index (χ1v) is 9.60. The van der Waals surface area contributed by atoms with Crippen LogP contribution in [0.2, 0.25) is 0 Å². The maximum Gasteiger partial charge on any atom is 0.341 e. The highest BCUT2D eigenvalue weighted by molar-refractivity contribution is 7.91. The lowest BCUT2D eigenvalue weighted by atomic mass is 9.95. The molecule has 1 aromatic rings. The van der Waals surface area contributed by atoms with E-state index in [0.29, 0.717) is 6.07 Å². The molecule has 0 bridgehead atoms. The fraction of sp³-hybridized carbons (Fsp3) is 0.533. The quantitative estimate of drug-likeness (QED) is 0.544. The lowest BCUT2D eigenvalue weighted by Gasteiger charge is -2.22. The van der Waals surface area contributed by atoms with Crippen molar-refractivity contribution < 1.29 is 26.9 Å². The van der Waals surface area contributed by atoms with Gasteiger partial charge >= 0.3 is 5.76 Å². The molecule has 0 saturated heterocycles. The monoisotopic (exact) mass is 391 g/mol. The van der Waals surface area contributed by atoms with Gasteiger partial charge in [0, 0.05) is 12.1 Å². The molecule has 8 nitrogen and oxygen atoms in total. The average molecular weight is 391 g/mol. The zero-order valence-electron chi connectivity index (χ0n) is 13.8. The smallest absolute Gasteiger partial charge is 0.341 e. The second-order valence-corrected chi connectivity index (χ2v) is 7.92. The number of nitro benzene ring substituents is 1. The molecule has 144 valence electrons. The number of carbonyl (C=O) groups is 1. The number of amides is 1. The van der Waals surface area contributed by atoms with E-state index < -0.39 is 31.1 Å². The van der Waals surface area contributed by atoms with Crippen LogP contribution < -0.4 is 10.6 Å². The Bertz CT molecular complexity index is 779. The number of nitrogens with zero attached hydrogens (tertiary/aromatic N) is 1. The zero-order valence-corrected chi connectivity index (χ0v) is 14.6. The van der Waals surface area contributed by atoms with E-state index in [1.54, 1.807) is 0 Å². The number of nitrogens with one attached hydrogen (secondary N) is 2. The van der Waals surface area contributed by atoms with Crippen molar-refractivity contribution in [2.24, 2.45) is 0 Å². The third-order valence-electron chi connectivity index (χ3n) is 4.14. The first-order valence-electron chi connectivity index (χ1n) is 8.05. The molecule has 1 aromatic carbocycles. The third-order valence-corrected chi connectivity index (χ3v) is 5.52. The van der Waals surface area contributed by atoms with Gasteiger partial charge in [-0.1, -0.05) is 19.3 Å². The summed E-state index contributed by atoms with van der Waals surface area (Å²) >= 11 is 0. The molecule has 1 amide bonds. The second kappa shape index (κ2) is 8.39. The molecular formula is C15H19F2N3O5S. The normalized spacial score (nSPS) is 15.7. The fourth-order valence-corrected chi connectivity index (χ4v) is 3.53. The third kappa shape index (κ3) is 4.87. The summed E-state index contributed by atoms with van der Waals surface area (Å²) < 4.78 is 48.1. The van der Waals surface area contributed by atoms with E-state index in [4.69, 9.17) is 0 Å². The summed E-state index contributed by atoms with van der Waals surface area (Å²) in [6.07, 6.45) is 4.96. The van der Waals surface area contributed by atoms with Crippen LogP contribution in [-0.2, 0) is 14.6 Å². The molecule has 1 aliphatic rings. The number of carbonyl (C=O) groups excluding carboxylic acids is 1. The summed E-state index contributed by atoms with van der Waals surface area (Å²) in [5.41, 5.74) is -0.820. The summed E-state index contributed by atoms with van der Waals surface area (Å²) in [6, 6.07) is 2.48. The van der Waals surface area contributed by atoms with Gasteiger partial charge < -0.3 is 10.6 Å². The SMILES string of the molecule is O=C(CNc1ccc(S(=O)(=O)C(F)F)cc1[N+](=O)[O-])NC1CCCCC1. The number of anilines is 1. The van der Waals surface area contributed by atoms with E-state index in [0.717, 1.165) is 44.2 Å². The molecule has 0 atom stereocenters. The van der Waals surface area contributed by atoms with Crippen LogP contribution >= 0.6 is 0 Å². The van der Waals surface area contributed by atoms with Gasteiger partial charge in [0.05, 0.1) is 16.4 Å². The van der Waals surface area contributed by atoms with Gasteiger partial charge in [0.15, 0.2) is 0 Å². The number of benzene rings is 1. The molecule has 0 unspecified atom stereocenters. The van der Waals surface area contributed by atoms with Gasteiger partial charge in [0.2, 0.25) is 15.7 Å². The van der Waals surface area contributed by atoms with E-state index in [-0.39, 0.29) is 24.2 Å². The molecule has 2 rings (SSSR count). The Kier molecular flexibility index (Phi) is 6.46. The number of nitro groups is 1. The van der Waals surface area contributed by atoms with Crippen LogP contribution in [0.25, 0.3) is 0 Å². The van der Waals surface area contributed by atoms with Crippen molar-refractivity contribution in [1.29, 1.82) is 0 Å². The van der Waals surface area contributed by atoms with Crippen LogP contribution in [-0.4, -0.2) is 37.6 Å². The van der Waals surface area contributed by atoms with Crippen molar-refractivity contribution in [3.8, 4) is 0 Å². The Labute approximate surface area is 149 Å². The highest BCUT2D eigenvalue weighted by Gasteiger charge is 2.29. The number of alkyl halides is 2. The minimum atomic E-state index is -4.94. The number of halogens is 2. The molecule has 1 saturated carbocycles. The van der Waals surface area contributed by atoms with Gasteiger partial charge in [-0.05, 0) is 25.0 Å². The molecule has 1 aliphatic carbocycles. The van der Waals surface area contributed by atoms with Crippen LogP contribution in [0.1, 0.15) is 32.1 Å². The second-order valence-electron chi connectivity index (χ2n) is 6.00. The predicted octanol–water partition coefficient (Wildman–Crippen LogP) is 2.45. The van der Waals surface area contributed by atoms with Crippen molar-refractivity contribution in [2.75, 3.05) is 11.9 Å². The number of hydrogen-bond acceptors (Lipinski definition) is 6. The summed E-state index contributed by atoms with van der Waals surface area (Å²) in [6.45, 7) is -0.252. The number of sulfone groups is 1. The molecule has 0 spiro atoms.